The number of para-hydroxylation sites is 1. The van der Waals surface area contributed by atoms with Crippen LogP contribution in [0.3, 0.4) is 0 Å². The Labute approximate surface area is 129 Å². The number of anilines is 1. The smallest absolute Gasteiger partial charge is 0.335 e. The van der Waals surface area contributed by atoms with Crippen LogP contribution in [-0.2, 0) is 0 Å². The molecule has 2 N–H and O–H groups in total. The lowest BCUT2D eigenvalue weighted by atomic mass is 10.1. The van der Waals surface area contributed by atoms with Crippen molar-refractivity contribution in [1.29, 1.82) is 0 Å². The Kier molecular flexibility index (Phi) is 4.59. The van der Waals surface area contributed by atoms with Gasteiger partial charge in [0, 0.05) is 4.47 Å². The maximum Gasteiger partial charge on any atom is 0.335 e. The second-order valence-electron chi connectivity index (χ2n) is 4.15. The minimum absolute atomic E-state index is 0.0912. The van der Waals surface area contributed by atoms with Crippen molar-refractivity contribution < 1.29 is 19.4 Å². The molecule has 108 valence electrons. The molecule has 21 heavy (non-hydrogen) atoms. The lowest BCUT2D eigenvalue weighted by Crippen LogP contribution is -2.14. The van der Waals surface area contributed by atoms with Gasteiger partial charge in [0.2, 0.25) is 0 Å². The standard InChI is InChI=1S/C15H12BrNO4/c1-21-13-5-3-2-4-10(13)14(18)17-12-8-9(15(19)20)6-7-11(12)16/h2-8H,1H3,(H,17,18)(H,19,20). The van der Waals surface area contributed by atoms with Crippen molar-refractivity contribution in [3.63, 3.8) is 0 Å². The van der Waals surface area contributed by atoms with Gasteiger partial charge in [0.1, 0.15) is 5.75 Å². The molecule has 0 unspecified atom stereocenters. The quantitative estimate of drug-likeness (QED) is 0.886. The Hall–Kier alpha value is -2.34. The number of carbonyl (C=O) groups is 2. The Morgan fingerprint density at radius 1 is 1.19 bits per heavy atom. The van der Waals surface area contributed by atoms with Gasteiger partial charge in [0.25, 0.3) is 5.91 Å². The van der Waals surface area contributed by atoms with Crippen molar-refractivity contribution in [1.82, 2.24) is 0 Å². The molecule has 5 nitrogen and oxygen atoms in total. The highest BCUT2D eigenvalue weighted by Gasteiger charge is 2.14. The van der Waals surface area contributed by atoms with Crippen LogP contribution in [0.5, 0.6) is 5.75 Å². The van der Waals surface area contributed by atoms with Crippen LogP contribution in [0.15, 0.2) is 46.9 Å². The number of hydrogen-bond acceptors (Lipinski definition) is 3. The van der Waals surface area contributed by atoms with Crippen LogP contribution >= 0.6 is 15.9 Å². The van der Waals surface area contributed by atoms with E-state index >= 15 is 0 Å². The molecule has 0 radical (unpaired) electrons. The fraction of sp³-hybridized carbons (Fsp3) is 0.0667. The summed E-state index contributed by atoms with van der Waals surface area (Å²) in [5.41, 5.74) is 0.840. The normalized spacial score (nSPS) is 10.0. The number of methoxy groups -OCH3 is 1. The number of amides is 1. The minimum Gasteiger partial charge on any atom is -0.496 e. The second kappa shape index (κ2) is 6.41. The lowest BCUT2D eigenvalue weighted by molar-refractivity contribution is 0.0696. The summed E-state index contributed by atoms with van der Waals surface area (Å²) in [6.07, 6.45) is 0. The first-order chi connectivity index (χ1) is 10.0. The van der Waals surface area contributed by atoms with E-state index in [1.54, 1.807) is 30.3 Å². The van der Waals surface area contributed by atoms with Crippen LogP contribution in [0.25, 0.3) is 0 Å². The molecule has 0 saturated heterocycles. The monoisotopic (exact) mass is 349 g/mol. The Balaban J connectivity index is 2.31. The summed E-state index contributed by atoms with van der Waals surface area (Å²) in [6.45, 7) is 0. The van der Waals surface area contributed by atoms with E-state index in [1.165, 1.54) is 19.2 Å². The van der Waals surface area contributed by atoms with Gasteiger partial charge in [0.15, 0.2) is 0 Å². The Morgan fingerprint density at radius 3 is 2.57 bits per heavy atom. The third kappa shape index (κ3) is 3.41. The zero-order valence-corrected chi connectivity index (χ0v) is 12.7. The summed E-state index contributed by atoms with van der Waals surface area (Å²) in [6, 6.07) is 11.2. The van der Waals surface area contributed by atoms with Crippen molar-refractivity contribution >= 4 is 33.5 Å². The van der Waals surface area contributed by atoms with Crippen LogP contribution in [0, 0.1) is 0 Å². The molecule has 2 rings (SSSR count). The van der Waals surface area contributed by atoms with Gasteiger partial charge >= 0.3 is 5.97 Å². The zero-order valence-electron chi connectivity index (χ0n) is 11.1. The topological polar surface area (TPSA) is 75.6 Å². The van der Waals surface area contributed by atoms with Gasteiger partial charge in [0.05, 0.1) is 23.9 Å². The molecular formula is C15H12BrNO4. The number of aromatic carboxylic acids is 1. The average Bonchev–Trinajstić information content (AvgIpc) is 2.49. The van der Waals surface area contributed by atoms with Crippen LogP contribution in [0.2, 0.25) is 0 Å². The predicted octanol–water partition coefficient (Wildman–Crippen LogP) is 3.41. The predicted molar refractivity (Wildman–Crippen MR) is 82.0 cm³/mol. The number of benzene rings is 2. The second-order valence-corrected chi connectivity index (χ2v) is 5.01. The molecular weight excluding hydrogens is 338 g/mol. The third-order valence-electron chi connectivity index (χ3n) is 2.81. The highest BCUT2D eigenvalue weighted by molar-refractivity contribution is 9.10. The fourth-order valence-electron chi connectivity index (χ4n) is 1.78. The van der Waals surface area contributed by atoms with E-state index in [2.05, 4.69) is 21.2 Å². The summed E-state index contributed by atoms with van der Waals surface area (Å²) >= 11 is 3.28. The van der Waals surface area contributed by atoms with Crippen LogP contribution in [0.1, 0.15) is 20.7 Å². The summed E-state index contributed by atoms with van der Waals surface area (Å²) in [4.78, 5) is 23.2. The van der Waals surface area contributed by atoms with Crippen molar-refractivity contribution in [2.45, 2.75) is 0 Å². The van der Waals surface area contributed by atoms with E-state index in [0.29, 0.717) is 21.5 Å². The van der Waals surface area contributed by atoms with Crippen LogP contribution < -0.4 is 10.1 Å². The largest absolute Gasteiger partial charge is 0.496 e. The van der Waals surface area contributed by atoms with Crippen molar-refractivity contribution in [2.24, 2.45) is 0 Å². The molecule has 0 aromatic heterocycles. The number of rotatable bonds is 4. The van der Waals surface area contributed by atoms with Gasteiger partial charge < -0.3 is 15.2 Å². The first-order valence-corrected chi connectivity index (χ1v) is 6.79. The first-order valence-electron chi connectivity index (χ1n) is 6.00. The Morgan fingerprint density at radius 2 is 1.90 bits per heavy atom. The van der Waals surface area contributed by atoms with Gasteiger partial charge in [-0.05, 0) is 46.3 Å². The molecule has 0 bridgehead atoms. The Bertz CT molecular complexity index is 700. The van der Waals surface area contributed by atoms with E-state index in [1.807, 2.05) is 0 Å². The molecule has 0 heterocycles. The summed E-state index contributed by atoms with van der Waals surface area (Å²) in [5.74, 6) is -0.994. The number of ether oxygens (including phenoxy) is 1. The number of hydrogen-bond donors (Lipinski definition) is 2. The van der Waals surface area contributed by atoms with Crippen molar-refractivity contribution in [3.05, 3.63) is 58.1 Å². The molecule has 0 fully saturated rings. The molecule has 0 saturated carbocycles. The lowest BCUT2D eigenvalue weighted by Gasteiger charge is -2.11. The summed E-state index contributed by atoms with van der Waals surface area (Å²) in [5, 5.41) is 11.7. The maximum atomic E-state index is 12.3. The molecule has 0 aliphatic carbocycles. The van der Waals surface area contributed by atoms with E-state index < -0.39 is 5.97 Å². The highest BCUT2D eigenvalue weighted by Crippen LogP contribution is 2.26. The minimum atomic E-state index is -1.06. The average molecular weight is 350 g/mol. The van der Waals surface area contributed by atoms with E-state index in [9.17, 15) is 9.59 Å². The molecule has 2 aromatic carbocycles. The van der Waals surface area contributed by atoms with E-state index in [0.717, 1.165) is 0 Å². The number of halogens is 1. The van der Waals surface area contributed by atoms with Gasteiger partial charge in [-0.25, -0.2) is 4.79 Å². The van der Waals surface area contributed by atoms with E-state index in [-0.39, 0.29) is 11.5 Å². The van der Waals surface area contributed by atoms with Gasteiger partial charge in [-0.3, -0.25) is 4.79 Å². The maximum absolute atomic E-state index is 12.3. The molecule has 2 aromatic rings. The molecule has 0 aliphatic heterocycles. The SMILES string of the molecule is COc1ccccc1C(=O)Nc1cc(C(=O)O)ccc1Br. The molecule has 0 atom stereocenters. The van der Waals surface area contributed by atoms with Crippen molar-refractivity contribution in [2.75, 3.05) is 12.4 Å². The molecule has 0 spiro atoms. The third-order valence-corrected chi connectivity index (χ3v) is 3.50. The number of carboxylic acid groups (broad SMARTS) is 1. The van der Waals surface area contributed by atoms with E-state index in [4.69, 9.17) is 9.84 Å². The number of carboxylic acids is 1. The zero-order chi connectivity index (χ0) is 15.4. The summed E-state index contributed by atoms with van der Waals surface area (Å²) < 4.78 is 5.72. The molecule has 6 heteroatoms. The highest BCUT2D eigenvalue weighted by atomic mass is 79.9. The fourth-order valence-corrected chi connectivity index (χ4v) is 2.12. The molecule has 0 aliphatic rings. The first kappa shape index (κ1) is 15.1. The number of carbonyl (C=O) groups excluding carboxylic acids is 1. The molecule has 1 amide bonds. The van der Waals surface area contributed by atoms with Gasteiger partial charge in [-0.15, -0.1) is 0 Å². The summed E-state index contributed by atoms with van der Waals surface area (Å²) in [7, 11) is 1.48. The van der Waals surface area contributed by atoms with Gasteiger partial charge in [-0.2, -0.15) is 0 Å². The van der Waals surface area contributed by atoms with Crippen LogP contribution in [0.4, 0.5) is 5.69 Å². The van der Waals surface area contributed by atoms with Crippen LogP contribution in [-0.4, -0.2) is 24.1 Å². The van der Waals surface area contributed by atoms with Gasteiger partial charge in [-0.1, -0.05) is 12.1 Å². The van der Waals surface area contributed by atoms with Crippen molar-refractivity contribution in [3.8, 4) is 5.75 Å². The number of nitrogens with one attached hydrogen (secondary N) is 1.